The van der Waals surface area contributed by atoms with Gasteiger partial charge in [0.2, 0.25) is 0 Å². The first-order valence-electron chi connectivity index (χ1n) is 4.67. The minimum Gasteiger partial charge on any atom is -0.376 e. The maximum Gasteiger partial charge on any atom is 0.150 e. The molecular weight excluding hydrogens is 376 g/mol. The van der Waals surface area contributed by atoms with Crippen LogP contribution in [-0.4, -0.2) is 0 Å². The molecule has 0 aliphatic carbocycles. The molecule has 1 N–H and O–H groups in total. The van der Waals surface area contributed by atoms with Gasteiger partial charge in [-0.1, -0.05) is 15.9 Å². The highest BCUT2D eigenvalue weighted by Crippen LogP contribution is 2.25. The molecule has 0 bridgehead atoms. The quantitative estimate of drug-likeness (QED) is 0.772. The normalized spacial score (nSPS) is 10.6. The molecule has 17 heavy (non-hydrogen) atoms. The van der Waals surface area contributed by atoms with Crippen LogP contribution in [0.5, 0.6) is 0 Å². The van der Waals surface area contributed by atoms with Gasteiger partial charge in [0, 0.05) is 11.0 Å². The summed E-state index contributed by atoms with van der Waals surface area (Å²) in [6.45, 7) is 0.386. The molecule has 6 heteroatoms. The Labute approximate surface area is 118 Å². The summed E-state index contributed by atoms with van der Waals surface area (Å²) in [5, 5.41) is 4.68. The van der Waals surface area contributed by atoms with Crippen LogP contribution >= 0.6 is 43.2 Å². The molecule has 0 amide bonds. The summed E-state index contributed by atoms with van der Waals surface area (Å²) in [4.78, 5) is 0. The van der Waals surface area contributed by atoms with Crippen LogP contribution in [0, 0.1) is 11.6 Å². The van der Waals surface area contributed by atoms with Crippen molar-refractivity contribution in [2.24, 2.45) is 0 Å². The molecule has 0 saturated carbocycles. The summed E-state index contributed by atoms with van der Waals surface area (Å²) in [6, 6.07) is 4.37. The van der Waals surface area contributed by atoms with E-state index in [1.54, 1.807) is 0 Å². The van der Waals surface area contributed by atoms with Crippen LogP contribution in [0.15, 0.2) is 31.8 Å². The molecule has 0 aliphatic heterocycles. The van der Waals surface area contributed by atoms with Crippen molar-refractivity contribution in [3.8, 4) is 0 Å². The van der Waals surface area contributed by atoms with Crippen LogP contribution in [0.4, 0.5) is 14.5 Å². The summed E-state index contributed by atoms with van der Waals surface area (Å²) in [6.07, 6.45) is 0. The number of halogens is 4. The number of rotatable bonds is 3. The summed E-state index contributed by atoms with van der Waals surface area (Å²) >= 11 is 7.90. The second-order valence-electron chi connectivity index (χ2n) is 3.36. The van der Waals surface area contributed by atoms with E-state index in [0.717, 1.165) is 9.35 Å². The van der Waals surface area contributed by atoms with E-state index in [1.165, 1.54) is 23.5 Å². The van der Waals surface area contributed by atoms with Gasteiger partial charge in [0.15, 0.2) is 0 Å². The molecule has 0 saturated heterocycles. The van der Waals surface area contributed by atoms with E-state index in [0.29, 0.717) is 11.0 Å². The van der Waals surface area contributed by atoms with Crippen LogP contribution in [-0.2, 0) is 6.54 Å². The minimum absolute atomic E-state index is 0.101. The molecule has 0 fully saturated rings. The van der Waals surface area contributed by atoms with Gasteiger partial charge in [0.05, 0.1) is 3.79 Å². The van der Waals surface area contributed by atoms with Crippen molar-refractivity contribution in [1.29, 1.82) is 0 Å². The molecule has 0 atom stereocenters. The molecule has 1 nitrogen and oxygen atoms in total. The van der Waals surface area contributed by atoms with Crippen LogP contribution in [0.25, 0.3) is 0 Å². The molecule has 2 aromatic rings. The van der Waals surface area contributed by atoms with E-state index < -0.39 is 11.6 Å². The fourth-order valence-electron chi connectivity index (χ4n) is 1.34. The van der Waals surface area contributed by atoms with Gasteiger partial charge in [-0.15, -0.1) is 11.3 Å². The van der Waals surface area contributed by atoms with E-state index in [1.807, 2.05) is 11.4 Å². The number of hydrogen-bond acceptors (Lipinski definition) is 2. The van der Waals surface area contributed by atoms with Gasteiger partial charge in [0.25, 0.3) is 0 Å². The third-order valence-electron chi connectivity index (χ3n) is 2.10. The Hall–Kier alpha value is -0.460. The third kappa shape index (κ3) is 3.26. The number of benzene rings is 1. The minimum atomic E-state index is -0.605. The van der Waals surface area contributed by atoms with Gasteiger partial charge in [-0.3, -0.25) is 0 Å². The lowest BCUT2D eigenvalue weighted by atomic mass is 10.2. The molecule has 0 aliphatic rings. The molecule has 0 unspecified atom stereocenters. The fourth-order valence-corrected chi connectivity index (χ4v) is 2.95. The first-order chi connectivity index (χ1) is 8.06. The van der Waals surface area contributed by atoms with Crippen LogP contribution in [0.1, 0.15) is 5.56 Å². The Bertz CT molecular complexity index is 519. The van der Waals surface area contributed by atoms with E-state index in [9.17, 15) is 8.78 Å². The summed E-state index contributed by atoms with van der Waals surface area (Å²) in [7, 11) is 0. The number of hydrogen-bond donors (Lipinski definition) is 1. The highest BCUT2D eigenvalue weighted by atomic mass is 79.9. The Kier molecular flexibility index (Phi) is 4.17. The van der Waals surface area contributed by atoms with E-state index >= 15 is 0 Å². The van der Waals surface area contributed by atoms with Gasteiger partial charge in [-0.2, -0.15) is 0 Å². The highest BCUT2D eigenvalue weighted by Gasteiger charge is 2.10. The predicted octanol–water partition coefficient (Wildman–Crippen LogP) is 5.16. The van der Waals surface area contributed by atoms with Crippen molar-refractivity contribution in [3.63, 3.8) is 0 Å². The molecule has 1 aromatic carbocycles. The van der Waals surface area contributed by atoms with Gasteiger partial charge in [-0.05, 0) is 45.1 Å². The first-order valence-corrected chi connectivity index (χ1v) is 7.14. The van der Waals surface area contributed by atoms with Crippen molar-refractivity contribution in [3.05, 3.63) is 49.0 Å². The predicted molar refractivity (Wildman–Crippen MR) is 73.4 cm³/mol. The second-order valence-corrected chi connectivity index (χ2v) is 6.56. The maximum atomic E-state index is 13.5. The summed E-state index contributed by atoms with van der Waals surface area (Å²) in [5.41, 5.74) is 0.874. The molecule has 2 rings (SSSR count). The zero-order chi connectivity index (χ0) is 12.4. The number of thiophene rings is 1. The summed E-state index contributed by atoms with van der Waals surface area (Å²) in [5.74, 6) is -1.21. The van der Waals surface area contributed by atoms with E-state index in [-0.39, 0.29) is 5.69 Å². The lowest BCUT2D eigenvalue weighted by molar-refractivity contribution is 0.586. The van der Waals surface area contributed by atoms with Crippen LogP contribution in [0.2, 0.25) is 0 Å². The second kappa shape index (κ2) is 5.46. The van der Waals surface area contributed by atoms with Gasteiger partial charge < -0.3 is 5.32 Å². The smallest absolute Gasteiger partial charge is 0.150 e. The third-order valence-corrected chi connectivity index (χ3v) is 4.11. The van der Waals surface area contributed by atoms with Gasteiger partial charge in [0.1, 0.15) is 17.3 Å². The van der Waals surface area contributed by atoms with Gasteiger partial charge in [-0.25, -0.2) is 8.78 Å². The average molecular weight is 383 g/mol. The molecule has 0 radical (unpaired) electrons. The lowest BCUT2D eigenvalue weighted by Crippen LogP contribution is -2.03. The molecule has 0 spiro atoms. The van der Waals surface area contributed by atoms with Crippen LogP contribution < -0.4 is 5.32 Å². The molecular formula is C11H7Br2F2NS. The van der Waals surface area contributed by atoms with E-state index in [4.69, 9.17) is 0 Å². The Morgan fingerprint density at radius 1 is 1.12 bits per heavy atom. The van der Waals surface area contributed by atoms with Crippen molar-refractivity contribution in [1.82, 2.24) is 0 Å². The summed E-state index contributed by atoms with van der Waals surface area (Å²) < 4.78 is 28.3. The van der Waals surface area contributed by atoms with Crippen LogP contribution in [0.3, 0.4) is 0 Å². The lowest BCUT2D eigenvalue weighted by Gasteiger charge is -2.08. The standard InChI is InChI=1S/C11H7Br2F2NS/c12-7-2-8(14)11(9(15)3-7)16-4-6-1-10(13)17-5-6/h1-3,5,16H,4H2. The molecule has 90 valence electrons. The molecule has 1 heterocycles. The van der Waals surface area contributed by atoms with E-state index in [2.05, 4.69) is 37.2 Å². The topological polar surface area (TPSA) is 12.0 Å². The largest absolute Gasteiger partial charge is 0.376 e. The monoisotopic (exact) mass is 381 g/mol. The van der Waals surface area contributed by atoms with Crippen molar-refractivity contribution in [2.45, 2.75) is 6.54 Å². The van der Waals surface area contributed by atoms with Gasteiger partial charge >= 0.3 is 0 Å². The highest BCUT2D eigenvalue weighted by molar-refractivity contribution is 9.11. The number of anilines is 1. The molecule has 1 aromatic heterocycles. The zero-order valence-corrected chi connectivity index (χ0v) is 12.4. The maximum absolute atomic E-state index is 13.5. The fraction of sp³-hybridized carbons (Fsp3) is 0.0909. The Morgan fingerprint density at radius 3 is 2.29 bits per heavy atom. The van der Waals surface area contributed by atoms with Crippen molar-refractivity contribution >= 4 is 48.9 Å². The van der Waals surface area contributed by atoms with Crippen molar-refractivity contribution in [2.75, 3.05) is 5.32 Å². The number of nitrogens with one attached hydrogen (secondary N) is 1. The zero-order valence-electron chi connectivity index (χ0n) is 8.44. The Morgan fingerprint density at radius 2 is 1.76 bits per heavy atom. The van der Waals surface area contributed by atoms with Crippen molar-refractivity contribution < 1.29 is 8.78 Å². The average Bonchev–Trinajstić information content (AvgIpc) is 2.62. The first kappa shape index (κ1) is 13.0. The Balaban J connectivity index is 2.14. The SMILES string of the molecule is Fc1cc(Br)cc(F)c1NCc1csc(Br)c1.